The van der Waals surface area contributed by atoms with E-state index >= 15 is 0 Å². The second-order valence-corrected chi connectivity index (χ2v) is 8.45. The number of anilines is 1. The van der Waals surface area contributed by atoms with E-state index in [0.29, 0.717) is 50.0 Å². The van der Waals surface area contributed by atoms with Gasteiger partial charge in [0, 0.05) is 22.2 Å². The number of fused-ring (bicyclic) bond motifs is 4. The van der Waals surface area contributed by atoms with E-state index in [1.54, 1.807) is 12.1 Å². The third-order valence-electron chi connectivity index (χ3n) is 4.61. The van der Waals surface area contributed by atoms with Crippen LogP contribution in [0.1, 0.15) is 0 Å². The molecule has 28 heavy (non-hydrogen) atoms. The van der Waals surface area contributed by atoms with Crippen molar-refractivity contribution >= 4 is 48.9 Å². The van der Waals surface area contributed by atoms with Crippen LogP contribution in [0, 0.1) is 0 Å². The van der Waals surface area contributed by atoms with Gasteiger partial charge in [0.1, 0.15) is 0 Å². The van der Waals surface area contributed by atoms with Crippen molar-refractivity contribution in [2.45, 2.75) is 4.90 Å². The second kappa shape index (κ2) is 5.79. The van der Waals surface area contributed by atoms with Gasteiger partial charge in [-0.25, -0.2) is 14.2 Å². The molecular weight excluding hydrogens is 402 g/mol. The van der Waals surface area contributed by atoms with Crippen molar-refractivity contribution in [1.29, 1.82) is 0 Å². The SMILES string of the molecule is O=S(O)Nc1cc2c3c(cc(S(=O)(=O)O)cc3c1)-c1nc3ccccc3nc1-2. The van der Waals surface area contributed by atoms with Crippen molar-refractivity contribution in [1.82, 2.24) is 9.97 Å². The number of para-hydroxylation sites is 2. The van der Waals surface area contributed by atoms with Crippen LogP contribution in [-0.4, -0.2) is 31.7 Å². The molecule has 140 valence electrons. The maximum absolute atomic E-state index is 11.8. The number of benzene rings is 3. The molecular formula is C18H11N3O5S2. The minimum absolute atomic E-state index is 0.286. The van der Waals surface area contributed by atoms with Gasteiger partial charge in [-0.05, 0) is 41.8 Å². The molecule has 0 amide bonds. The van der Waals surface area contributed by atoms with Gasteiger partial charge in [-0.15, -0.1) is 0 Å². The summed E-state index contributed by atoms with van der Waals surface area (Å²) in [4.78, 5) is 9.02. The zero-order valence-electron chi connectivity index (χ0n) is 13.9. The van der Waals surface area contributed by atoms with Crippen molar-refractivity contribution in [2.24, 2.45) is 0 Å². The first kappa shape index (κ1) is 17.2. The van der Waals surface area contributed by atoms with Crippen LogP contribution in [0.2, 0.25) is 0 Å². The number of aromatic nitrogens is 2. The molecule has 1 unspecified atom stereocenters. The van der Waals surface area contributed by atoms with E-state index < -0.39 is 21.4 Å². The Balaban J connectivity index is 1.93. The summed E-state index contributed by atoms with van der Waals surface area (Å²) >= 11 is -2.31. The van der Waals surface area contributed by atoms with Crippen molar-refractivity contribution in [2.75, 3.05) is 4.72 Å². The van der Waals surface area contributed by atoms with Gasteiger partial charge >= 0.3 is 0 Å². The van der Waals surface area contributed by atoms with Gasteiger partial charge in [0.05, 0.1) is 27.3 Å². The highest BCUT2D eigenvalue weighted by Gasteiger charge is 2.28. The van der Waals surface area contributed by atoms with Crippen molar-refractivity contribution in [3.8, 4) is 22.5 Å². The number of nitrogens with one attached hydrogen (secondary N) is 1. The van der Waals surface area contributed by atoms with Crippen LogP contribution >= 0.6 is 0 Å². The summed E-state index contributed by atoms with van der Waals surface area (Å²) in [6.45, 7) is 0. The molecule has 0 spiro atoms. The smallest absolute Gasteiger partial charge is 0.289 e. The van der Waals surface area contributed by atoms with E-state index in [0.717, 1.165) is 0 Å². The molecule has 0 saturated carbocycles. The van der Waals surface area contributed by atoms with E-state index in [1.807, 2.05) is 18.2 Å². The van der Waals surface area contributed by atoms with Gasteiger partial charge < -0.3 is 0 Å². The van der Waals surface area contributed by atoms with Crippen LogP contribution in [0.4, 0.5) is 5.69 Å². The zero-order chi connectivity index (χ0) is 19.6. The minimum Gasteiger partial charge on any atom is -0.289 e. The monoisotopic (exact) mass is 413 g/mol. The zero-order valence-corrected chi connectivity index (χ0v) is 15.6. The van der Waals surface area contributed by atoms with Crippen molar-refractivity contribution in [3.05, 3.63) is 48.5 Å². The first-order valence-corrected chi connectivity index (χ1v) is 10.6. The van der Waals surface area contributed by atoms with E-state index in [4.69, 9.17) is 0 Å². The molecule has 0 fully saturated rings. The van der Waals surface area contributed by atoms with E-state index in [1.165, 1.54) is 18.2 Å². The summed E-state index contributed by atoms with van der Waals surface area (Å²) in [5.74, 6) is 0. The predicted molar refractivity (Wildman–Crippen MR) is 106 cm³/mol. The van der Waals surface area contributed by atoms with E-state index in [9.17, 15) is 21.7 Å². The Labute approximate surface area is 161 Å². The Kier molecular flexibility index (Phi) is 3.55. The van der Waals surface area contributed by atoms with Crippen molar-refractivity contribution < 1.29 is 21.7 Å². The van der Waals surface area contributed by atoms with E-state index in [-0.39, 0.29) is 4.90 Å². The maximum Gasteiger partial charge on any atom is 0.294 e. The Morgan fingerprint density at radius 2 is 1.54 bits per heavy atom. The number of rotatable bonds is 3. The average Bonchev–Trinajstić information content (AvgIpc) is 2.93. The van der Waals surface area contributed by atoms with Gasteiger partial charge in [0.25, 0.3) is 21.4 Å². The van der Waals surface area contributed by atoms with E-state index in [2.05, 4.69) is 14.7 Å². The molecule has 1 aliphatic rings. The quantitative estimate of drug-likeness (QED) is 0.306. The molecule has 1 aliphatic carbocycles. The molecule has 1 atom stereocenters. The molecule has 1 heterocycles. The normalized spacial score (nSPS) is 13.6. The van der Waals surface area contributed by atoms with Gasteiger partial charge in [-0.3, -0.25) is 13.8 Å². The summed E-state index contributed by atoms with van der Waals surface area (Å²) < 4.78 is 55.8. The molecule has 5 rings (SSSR count). The molecule has 8 nitrogen and oxygen atoms in total. The van der Waals surface area contributed by atoms with Crippen LogP contribution in [0.15, 0.2) is 53.4 Å². The van der Waals surface area contributed by atoms with Gasteiger partial charge in [-0.2, -0.15) is 8.42 Å². The average molecular weight is 413 g/mol. The number of nitrogens with zero attached hydrogens (tertiary/aromatic N) is 2. The minimum atomic E-state index is -4.46. The molecule has 1 aromatic heterocycles. The lowest BCUT2D eigenvalue weighted by Crippen LogP contribution is -2.02. The highest BCUT2D eigenvalue weighted by Crippen LogP contribution is 2.48. The molecule has 4 aromatic rings. The Bertz CT molecular complexity index is 1450. The van der Waals surface area contributed by atoms with Crippen molar-refractivity contribution in [3.63, 3.8) is 0 Å². The fourth-order valence-electron chi connectivity index (χ4n) is 3.55. The first-order valence-electron chi connectivity index (χ1n) is 8.05. The van der Waals surface area contributed by atoms with Crippen LogP contribution in [0.25, 0.3) is 44.3 Å². The Hall–Kier alpha value is -2.92. The lowest BCUT2D eigenvalue weighted by molar-refractivity contribution is 0.483. The fraction of sp³-hybridized carbons (Fsp3) is 0. The highest BCUT2D eigenvalue weighted by molar-refractivity contribution is 7.85. The Morgan fingerprint density at radius 3 is 2.11 bits per heavy atom. The molecule has 0 bridgehead atoms. The number of hydrogen-bond acceptors (Lipinski definition) is 5. The summed E-state index contributed by atoms with van der Waals surface area (Å²) in [7, 11) is -4.46. The lowest BCUT2D eigenvalue weighted by atomic mass is 10.0. The summed E-state index contributed by atoms with van der Waals surface area (Å²) in [6, 6.07) is 13.2. The van der Waals surface area contributed by atoms with Crippen LogP contribution in [-0.2, 0) is 21.4 Å². The Morgan fingerprint density at radius 1 is 0.929 bits per heavy atom. The second-order valence-electron chi connectivity index (χ2n) is 6.33. The molecule has 3 aromatic carbocycles. The van der Waals surface area contributed by atoms with Gasteiger partial charge in [0.15, 0.2) is 0 Å². The molecule has 0 saturated heterocycles. The highest BCUT2D eigenvalue weighted by atomic mass is 32.2. The summed E-state index contributed by atoms with van der Waals surface area (Å²) in [5.41, 5.74) is 3.85. The van der Waals surface area contributed by atoms with Crippen LogP contribution in [0.3, 0.4) is 0 Å². The molecule has 3 N–H and O–H groups in total. The largest absolute Gasteiger partial charge is 0.294 e. The predicted octanol–water partition coefficient (Wildman–Crippen LogP) is 3.23. The summed E-state index contributed by atoms with van der Waals surface area (Å²) in [5, 5.41) is 1.19. The standard InChI is InChI=1S/C18H11N3O5S2/c22-27(23)21-10-5-9-6-11(28(24,25)26)8-13-16(9)12(7-10)17-18(13)20-15-4-2-1-3-14(15)19-17/h1-8,21H,(H,22,23)(H,24,25,26). The molecule has 0 aliphatic heterocycles. The number of hydrogen-bond donors (Lipinski definition) is 3. The molecule has 0 radical (unpaired) electrons. The van der Waals surface area contributed by atoms with Crippen LogP contribution < -0.4 is 4.72 Å². The molecule has 10 heteroatoms. The van der Waals surface area contributed by atoms with Gasteiger partial charge in [-0.1, -0.05) is 12.1 Å². The lowest BCUT2D eigenvalue weighted by Gasteiger charge is -2.08. The van der Waals surface area contributed by atoms with Crippen LogP contribution in [0.5, 0.6) is 0 Å². The maximum atomic E-state index is 11.8. The third-order valence-corrected chi connectivity index (χ3v) is 5.85. The van der Waals surface area contributed by atoms with Gasteiger partial charge in [0.2, 0.25) is 0 Å². The third kappa shape index (κ3) is 2.58. The fourth-order valence-corrected chi connectivity index (χ4v) is 4.41. The first-order chi connectivity index (χ1) is 13.3. The topological polar surface area (TPSA) is 129 Å². The summed E-state index contributed by atoms with van der Waals surface area (Å²) in [6.07, 6.45) is 0.